The van der Waals surface area contributed by atoms with E-state index in [0.717, 1.165) is 18.3 Å². The lowest BCUT2D eigenvalue weighted by Gasteiger charge is -2.28. The third-order valence-electron chi connectivity index (χ3n) is 5.51. The molecule has 3 aromatic rings. The molecule has 1 saturated heterocycles. The summed E-state index contributed by atoms with van der Waals surface area (Å²) in [5, 5.41) is 7.08. The van der Waals surface area contributed by atoms with Gasteiger partial charge in [0.1, 0.15) is 0 Å². The lowest BCUT2D eigenvalue weighted by molar-refractivity contribution is -0.137. The molecule has 202 valence electrons. The molecule has 3 heterocycles. The molecular weight excluding hydrogens is 504 g/mol. The second-order valence-corrected chi connectivity index (χ2v) is 8.90. The van der Waals surface area contributed by atoms with Crippen molar-refractivity contribution in [3.63, 3.8) is 0 Å². The highest BCUT2D eigenvalue weighted by Crippen LogP contribution is 2.33. The Hall–Kier alpha value is -3.84. The molecule has 1 fully saturated rings. The summed E-state index contributed by atoms with van der Waals surface area (Å²) < 4.78 is 59.5. The van der Waals surface area contributed by atoms with Crippen LogP contribution in [0.15, 0.2) is 47.8 Å². The van der Waals surface area contributed by atoms with Crippen molar-refractivity contribution < 1.29 is 22.3 Å². The van der Waals surface area contributed by atoms with E-state index in [9.17, 15) is 17.6 Å². The van der Waals surface area contributed by atoms with Gasteiger partial charge in [-0.25, -0.2) is 14.4 Å². The Kier molecular flexibility index (Phi) is 8.69. The van der Waals surface area contributed by atoms with E-state index < -0.39 is 17.6 Å². The van der Waals surface area contributed by atoms with Crippen molar-refractivity contribution in [1.82, 2.24) is 25.3 Å². The number of aromatic nitrogens is 3. The van der Waals surface area contributed by atoms with Crippen LogP contribution in [0.25, 0.3) is 0 Å². The zero-order chi connectivity index (χ0) is 27.1. The fourth-order valence-corrected chi connectivity index (χ4v) is 3.81. The van der Waals surface area contributed by atoms with E-state index in [1.54, 1.807) is 37.2 Å². The van der Waals surface area contributed by atoms with Crippen LogP contribution in [0.5, 0.6) is 0 Å². The van der Waals surface area contributed by atoms with E-state index in [-0.39, 0.29) is 12.4 Å². The molecule has 1 aromatic carbocycles. The minimum atomic E-state index is -4.45. The van der Waals surface area contributed by atoms with Gasteiger partial charge in [0.25, 0.3) is 0 Å². The van der Waals surface area contributed by atoms with E-state index in [2.05, 4.69) is 30.8 Å². The summed E-state index contributed by atoms with van der Waals surface area (Å²) in [6.07, 6.45) is -0.326. The fraction of sp³-hybridized carbons (Fsp3) is 0.360. The van der Waals surface area contributed by atoms with Gasteiger partial charge in [0, 0.05) is 25.3 Å². The van der Waals surface area contributed by atoms with E-state index in [1.165, 1.54) is 12.4 Å². The van der Waals surface area contributed by atoms with E-state index in [1.807, 2.05) is 4.90 Å². The zero-order valence-corrected chi connectivity index (χ0v) is 21.0. The molecule has 13 heteroatoms. The molecule has 4 rings (SSSR count). The van der Waals surface area contributed by atoms with Crippen molar-refractivity contribution in [3.8, 4) is 0 Å². The van der Waals surface area contributed by atoms with Gasteiger partial charge < -0.3 is 25.3 Å². The number of anilines is 3. The lowest BCUT2D eigenvalue weighted by Crippen LogP contribution is -2.37. The van der Waals surface area contributed by atoms with Crippen LogP contribution in [-0.2, 0) is 24.0 Å². The van der Waals surface area contributed by atoms with Crippen LogP contribution < -0.4 is 15.6 Å². The second-order valence-electron chi connectivity index (χ2n) is 8.90. The third kappa shape index (κ3) is 7.59. The maximum absolute atomic E-state index is 14.2. The quantitative estimate of drug-likeness (QED) is 0.245. The number of hydrogen-bond acceptors (Lipinski definition) is 9. The Labute approximate surface area is 217 Å². The van der Waals surface area contributed by atoms with Crippen molar-refractivity contribution in [2.45, 2.75) is 19.3 Å². The van der Waals surface area contributed by atoms with Crippen LogP contribution >= 0.6 is 0 Å². The standard InChI is InChI=1S/C25H28F4N8O/c1-36(2)16-17-9-18(25(27,28)29)11-21(10-17)34-20-4-3-19(30-12-20)13-32-33-15-23-31-14-22(26)24(35-23)37-5-7-38-8-6-37/h3-4,9-14,33-34H,5-8,15-16H2,1-2H3/b32-13+. The molecule has 1 aliphatic rings. The Morgan fingerprint density at radius 1 is 1.08 bits per heavy atom. The lowest BCUT2D eigenvalue weighted by atomic mass is 10.1. The Morgan fingerprint density at radius 2 is 1.87 bits per heavy atom. The van der Waals surface area contributed by atoms with Gasteiger partial charge in [-0.2, -0.15) is 18.3 Å². The highest BCUT2D eigenvalue weighted by atomic mass is 19.4. The predicted molar refractivity (Wildman–Crippen MR) is 136 cm³/mol. The summed E-state index contributed by atoms with van der Waals surface area (Å²) in [6, 6.07) is 7.26. The third-order valence-corrected chi connectivity index (χ3v) is 5.51. The smallest absolute Gasteiger partial charge is 0.378 e. The number of halogens is 4. The molecule has 0 saturated carbocycles. The number of benzene rings is 1. The van der Waals surface area contributed by atoms with Gasteiger partial charge in [0.15, 0.2) is 17.5 Å². The zero-order valence-electron chi connectivity index (χ0n) is 21.0. The summed E-state index contributed by atoms with van der Waals surface area (Å²) in [4.78, 5) is 16.2. The van der Waals surface area contributed by atoms with Crippen LogP contribution in [0.3, 0.4) is 0 Å². The van der Waals surface area contributed by atoms with Crippen molar-refractivity contribution >= 4 is 23.4 Å². The summed E-state index contributed by atoms with van der Waals surface area (Å²) in [6.45, 7) is 2.69. The molecule has 1 aliphatic heterocycles. The molecule has 0 spiro atoms. The average molecular weight is 533 g/mol. The van der Waals surface area contributed by atoms with Gasteiger partial charge in [-0.05, 0) is 50.0 Å². The molecule has 38 heavy (non-hydrogen) atoms. The average Bonchev–Trinajstić information content (AvgIpc) is 2.88. The monoisotopic (exact) mass is 532 g/mol. The summed E-state index contributed by atoms with van der Waals surface area (Å²) in [5.74, 6) is 0.131. The molecule has 2 aromatic heterocycles. The topological polar surface area (TPSA) is 90.8 Å². The van der Waals surface area contributed by atoms with Gasteiger partial charge in [-0.3, -0.25) is 4.98 Å². The first-order valence-electron chi connectivity index (χ1n) is 11.9. The summed E-state index contributed by atoms with van der Waals surface area (Å²) >= 11 is 0. The van der Waals surface area contributed by atoms with Crippen LogP contribution in [0.2, 0.25) is 0 Å². The number of rotatable bonds is 9. The Balaban J connectivity index is 1.35. The van der Waals surface area contributed by atoms with Crippen LogP contribution in [0.4, 0.5) is 34.8 Å². The summed E-state index contributed by atoms with van der Waals surface area (Å²) in [7, 11) is 3.59. The van der Waals surface area contributed by atoms with Crippen LogP contribution in [0, 0.1) is 5.82 Å². The van der Waals surface area contributed by atoms with Crippen molar-refractivity contribution in [2.75, 3.05) is 50.6 Å². The van der Waals surface area contributed by atoms with E-state index in [4.69, 9.17) is 4.74 Å². The molecular formula is C25H28F4N8O. The normalized spacial score (nSPS) is 14.3. The van der Waals surface area contributed by atoms with Gasteiger partial charge in [0.05, 0.1) is 55.3 Å². The molecule has 0 radical (unpaired) electrons. The van der Waals surface area contributed by atoms with Crippen LogP contribution in [-0.4, -0.2) is 66.5 Å². The maximum Gasteiger partial charge on any atom is 0.416 e. The van der Waals surface area contributed by atoms with Crippen molar-refractivity contribution in [3.05, 3.63) is 71.2 Å². The first kappa shape index (κ1) is 27.2. The molecule has 0 atom stereocenters. The Morgan fingerprint density at radius 3 is 2.55 bits per heavy atom. The van der Waals surface area contributed by atoms with Gasteiger partial charge in [-0.15, -0.1) is 0 Å². The molecule has 0 bridgehead atoms. The minimum absolute atomic E-state index is 0.179. The number of hydrazone groups is 1. The summed E-state index contributed by atoms with van der Waals surface area (Å²) in [5.41, 5.74) is 4.00. The maximum atomic E-state index is 14.2. The number of pyridine rings is 1. The molecule has 9 nitrogen and oxygen atoms in total. The first-order chi connectivity index (χ1) is 18.2. The highest BCUT2D eigenvalue weighted by molar-refractivity contribution is 5.77. The van der Waals surface area contributed by atoms with Crippen LogP contribution in [0.1, 0.15) is 22.6 Å². The number of alkyl halides is 3. The highest BCUT2D eigenvalue weighted by Gasteiger charge is 2.31. The molecule has 0 aliphatic carbocycles. The minimum Gasteiger partial charge on any atom is -0.378 e. The Bertz CT molecular complexity index is 1250. The van der Waals surface area contributed by atoms with Gasteiger partial charge >= 0.3 is 6.18 Å². The first-order valence-corrected chi connectivity index (χ1v) is 11.9. The number of morpholine rings is 1. The van der Waals surface area contributed by atoms with E-state index >= 15 is 0 Å². The molecule has 0 unspecified atom stereocenters. The SMILES string of the molecule is CN(C)Cc1cc(Nc2ccc(/C=N/NCc3ncc(F)c(N4CCOCC4)n3)nc2)cc(C(F)(F)F)c1. The largest absolute Gasteiger partial charge is 0.416 e. The van der Waals surface area contributed by atoms with Crippen molar-refractivity contribution in [2.24, 2.45) is 5.10 Å². The fourth-order valence-electron chi connectivity index (χ4n) is 3.81. The van der Waals surface area contributed by atoms with Crippen molar-refractivity contribution in [1.29, 1.82) is 0 Å². The predicted octanol–water partition coefficient (Wildman–Crippen LogP) is 3.80. The molecule has 0 amide bonds. The second kappa shape index (κ2) is 12.1. The number of nitrogens with one attached hydrogen (secondary N) is 2. The number of hydrogen-bond donors (Lipinski definition) is 2. The van der Waals surface area contributed by atoms with Gasteiger partial charge in [-0.1, -0.05) is 0 Å². The van der Waals surface area contributed by atoms with Gasteiger partial charge in [0.2, 0.25) is 0 Å². The van der Waals surface area contributed by atoms with E-state index in [0.29, 0.717) is 61.3 Å². The number of ether oxygens (including phenoxy) is 1. The number of nitrogens with zero attached hydrogens (tertiary/aromatic N) is 6. The molecule has 2 N–H and O–H groups in total.